The van der Waals surface area contributed by atoms with Crippen molar-refractivity contribution in [2.45, 2.75) is 6.10 Å². The van der Waals surface area contributed by atoms with Crippen molar-refractivity contribution < 1.29 is 15.0 Å². The molecule has 27 heavy (non-hydrogen) atoms. The Morgan fingerprint density at radius 3 is 2.81 bits per heavy atom. The van der Waals surface area contributed by atoms with Gasteiger partial charge >= 0.3 is 5.97 Å². The Morgan fingerprint density at radius 2 is 2.19 bits per heavy atom. The van der Waals surface area contributed by atoms with Crippen LogP contribution >= 0.6 is 11.3 Å². The highest BCUT2D eigenvalue weighted by atomic mass is 32.1. The molecule has 0 aromatic carbocycles. The van der Waals surface area contributed by atoms with E-state index in [0.717, 1.165) is 0 Å². The van der Waals surface area contributed by atoms with Crippen molar-refractivity contribution in [3.05, 3.63) is 45.7 Å². The lowest BCUT2D eigenvalue weighted by molar-refractivity contribution is 0.0695. The van der Waals surface area contributed by atoms with Crippen LogP contribution in [0.5, 0.6) is 0 Å². The highest BCUT2D eigenvalue weighted by molar-refractivity contribution is 7.12. The van der Waals surface area contributed by atoms with Crippen LogP contribution in [0.1, 0.15) is 10.4 Å². The van der Waals surface area contributed by atoms with E-state index in [1.165, 1.54) is 22.1 Å². The van der Waals surface area contributed by atoms with Crippen LogP contribution in [0.4, 0.5) is 5.82 Å². The van der Waals surface area contributed by atoms with Gasteiger partial charge in [-0.3, -0.25) is 9.36 Å². The lowest BCUT2D eigenvalue weighted by atomic mass is 10.1. The third-order valence-electron chi connectivity index (χ3n) is 4.73. The second-order valence-corrected chi connectivity index (χ2v) is 7.24. The number of nitrogens with zero attached hydrogens (tertiary/aromatic N) is 4. The number of β-amino-alcohol motifs (C(OH)–C–C–N with tert-alkyl or cyclic N) is 1. The number of aliphatic hydroxyl groups excluding tert-OH is 1. The maximum atomic E-state index is 12.6. The lowest BCUT2D eigenvalue weighted by Crippen LogP contribution is -2.25. The Labute approximate surface area is 157 Å². The van der Waals surface area contributed by atoms with Crippen LogP contribution in [0.25, 0.3) is 16.2 Å². The summed E-state index contributed by atoms with van der Waals surface area (Å²) < 4.78 is 1.52. The zero-order valence-corrected chi connectivity index (χ0v) is 15.0. The summed E-state index contributed by atoms with van der Waals surface area (Å²) in [6.07, 6.45) is 2.31. The Balaban J connectivity index is 1.90. The van der Waals surface area contributed by atoms with Crippen molar-refractivity contribution in [3.8, 4) is 5.13 Å². The smallest absolute Gasteiger partial charge is 0.341 e. The first-order valence-electron chi connectivity index (χ1n) is 8.32. The maximum absolute atomic E-state index is 12.6. The van der Waals surface area contributed by atoms with Crippen LogP contribution in [-0.4, -0.2) is 56.5 Å². The molecule has 0 unspecified atom stereocenters. The Kier molecular flexibility index (Phi) is 4.38. The molecular formula is C17H17N5O4S. The molecule has 0 spiro atoms. The predicted molar refractivity (Wildman–Crippen MR) is 101 cm³/mol. The predicted octanol–water partition coefficient (Wildman–Crippen LogP) is 0.296. The van der Waals surface area contributed by atoms with E-state index in [-0.39, 0.29) is 16.9 Å². The second-order valence-electron chi connectivity index (χ2n) is 6.37. The van der Waals surface area contributed by atoms with Gasteiger partial charge < -0.3 is 20.8 Å². The molecular weight excluding hydrogens is 370 g/mol. The van der Waals surface area contributed by atoms with Gasteiger partial charge in [0.15, 0.2) is 10.8 Å². The fourth-order valence-electron chi connectivity index (χ4n) is 3.28. The number of nitrogens with two attached hydrogens (primary N) is 1. The summed E-state index contributed by atoms with van der Waals surface area (Å²) in [5, 5.41) is 21.9. The number of anilines is 1. The number of hydrogen-bond donors (Lipinski definition) is 3. The van der Waals surface area contributed by atoms with Crippen LogP contribution in [0, 0.1) is 5.92 Å². The van der Waals surface area contributed by atoms with Gasteiger partial charge in [0.25, 0.3) is 0 Å². The third-order valence-corrected chi connectivity index (χ3v) is 5.50. The van der Waals surface area contributed by atoms with Gasteiger partial charge in [0.2, 0.25) is 5.43 Å². The molecule has 9 nitrogen and oxygen atoms in total. The van der Waals surface area contributed by atoms with Crippen LogP contribution in [-0.2, 0) is 0 Å². The molecule has 2 atom stereocenters. The summed E-state index contributed by atoms with van der Waals surface area (Å²) in [6, 6.07) is 3.23. The minimum Gasteiger partial charge on any atom is -0.477 e. The molecule has 3 aromatic heterocycles. The molecule has 0 bridgehead atoms. The molecule has 1 fully saturated rings. The molecule has 0 radical (unpaired) electrons. The van der Waals surface area contributed by atoms with Crippen molar-refractivity contribution in [2.75, 3.05) is 24.5 Å². The van der Waals surface area contributed by atoms with E-state index in [1.807, 2.05) is 4.90 Å². The van der Waals surface area contributed by atoms with Crippen LogP contribution < -0.4 is 16.1 Å². The summed E-state index contributed by atoms with van der Waals surface area (Å²) in [4.78, 5) is 34.7. The summed E-state index contributed by atoms with van der Waals surface area (Å²) in [5.74, 6) is -0.756. The van der Waals surface area contributed by atoms with Crippen molar-refractivity contribution in [1.82, 2.24) is 14.5 Å². The quantitative estimate of drug-likeness (QED) is 0.582. The van der Waals surface area contributed by atoms with E-state index >= 15 is 0 Å². The number of fused-ring (bicyclic) bond motifs is 1. The topological polar surface area (TPSA) is 135 Å². The van der Waals surface area contributed by atoms with Crippen LogP contribution in [0.3, 0.4) is 0 Å². The number of thiazole rings is 1. The van der Waals surface area contributed by atoms with Crippen molar-refractivity contribution in [3.63, 3.8) is 0 Å². The molecule has 4 N–H and O–H groups in total. The molecule has 1 saturated heterocycles. The van der Waals surface area contributed by atoms with Gasteiger partial charge in [0.1, 0.15) is 11.4 Å². The Hall–Kier alpha value is -2.82. The first-order chi connectivity index (χ1) is 13.0. The van der Waals surface area contributed by atoms with Gasteiger partial charge in [-0.2, -0.15) is 0 Å². The Morgan fingerprint density at radius 1 is 1.37 bits per heavy atom. The van der Waals surface area contributed by atoms with Crippen LogP contribution in [0.2, 0.25) is 0 Å². The number of carbonyl (C=O) groups is 1. The summed E-state index contributed by atoms with van der Waals surface area (Å²) in [6.45, 7) is 1.33. The average Bonchev–Trinajstić information content (AvgIpc) is 3.31. The van der Waals surface area contributed by atoms with Gasteiger partial charge in [-0.15, -0.1) is 11.3 Å². The number of rotatable bonds is 4. The number of carboxylic acids is 1. The maximum Gasteiger partial charge on any atom is 0.341 e. The fourth-order valence-corrected chi connectivity index (χ4v) is 3.89. The highest BCUT2D eigenvalue weighted by Gasteiger charge is 2.31. The standard InChI is InChI=1S/C17H17N5O4S/c18-5-9-6-21(8-12(9)23)13-2-1-10-14(24)11(16(25)26)7-22(15(10)20-13)17-19-3-4-27-17/h1-4,7,9,12,23H,5-6,8,18H2,(H,25,26)/t9-,12-/m0/s1. The number of pyridine rings is 2. The van der Waals surface area contributed by atoms with Crippen molar-refractivity contribution >= 4 is 34.2 Å². The minimum atomic E-state index is -1.30. The van der Waals surface area contributed by atoms with Gasteiger partial charge in [-0.1, -0.05) is 0 Å². The van der Waals surface area contributed by atoms with Crippen molar-refractivity contribution in [2.24, 2.45) is 11.7 Å². The molecule has 4 heterocycles. The van der Waals surface area contributed by atoms with Crippen molar-refractivity contribution in [1.29, 1.82) is 0 Å². The second kappa shape index (κ2) is 6.72. The van der Waals surface area contributed by atoms with E-state index in [2.05, 4.69) is 9.97 Å². The average molecular weight is 387 g/mol. The van der Waals surface area contributed by atoms with Gasteiger partial charge in [-0.25, -0.2) is 14.8 Å². The lowest BCUT2D eigenvalue weighted by Gasteiger charge is -2.18. The first kappa shape index (κ1) is 17.6. The van der Waals surface area contributed by atoms with E-state index in [0.29, 0.717) is 36.2 Å². The number of aromatic carboxylic acids is 1. The summed E-state index contributed by atoms with van der Waals surface area (Å²) in [7, 11) is 0. The van der Waals surface area contributed by atoms with Crippen LogP contribution in [0.15, 0.2) is 34.7 Å². The zero-order valence-electron chi connectivity index (χ0n) is 14.1. The third kappa shape index (κ3) is 2.97. The number of carboxylic acid groups (broad SMARTS) is 1. The minimum absolute atomic E-state index is 0.0435. The summed E-state index contributed by atoms with van der Waals surface area (Å²) in [5.41, 5.74) is 5.08. The monoisotopic (exact) mass is 387 g/mol. The fraction of sp³-hybridized carbons (Fsp3) is 0.294. The molecule has 0 saturated carbocycles. The molecule has 10 heteroatoms. The largest absolute Gasteiger partial charge is 0.477 e. The van der Waals surface area contributed by atoms with E-state index < -0.39 is 17.5 Å². The van der Waals surface area contributed by atoms with E-state index in [9.17, 15) is 19.8 Å². The molecule has 1 aliphatic heterocycles. The number of aromatic nitrogens is 3. The SMILES string of the molecule is NC[C@H]1CN(c2ccc3c(=O)c(C(=O)O)cn(-c4nccs4)c3n2)C[C@@H]1O. The summed E-state index contributed by atoms with van der Waals surface area (Å²) >= 11 is 1.31. The number of hydrogen-bond acceptors (Lipinski definition) is 8. The molecule has 0 aliphatic carbocycles. The first-order valence-corrected chi connectivity index (χ1v) is 9.20. The molecule has 0 amide bonds. The molecule has 3 aromatic rings. The van der Waals surface area contributed by atoms with Gasteiger partial charge in [0, 0.05) is 36.8 Å². The number of aliphatic hydroxyl groups is 1. The highest BCUT2D eigenvalue weighted by Crippen LogP contribution is 2.25. The Bertz CT molecular complexity index is 1070. The van der Waals surface area contributed by atoms with E-state index in [1.54, 1.807) is 23.7 Å². The molecule has 1 aliphatic rings. The zero-order chi connectivity index (χ0) is 19.1. The van der Waals surface area contributed by atoms with E-state index in [4.69, 9.17) is 5.73 Å². The molecule has 140 valence electrons. The molecule has 4 rings (SSSR count). The van der Waals surface area contributed by atoms with Gasteiger partial charge in [-0.05, 0) is 18.7 Å². The van der Waals surface area contributed by atoms with Gasteiger partial charge in [0.05, 0.1) is 11.5 Å². The normalized spacial score (nSPS) is 19.7.